The number of hydrogen-bond acceptors (Lipinski definition) is 5. The number of benzene rings is 2. The number of aromatic nitrogens is 2. The molecule has 1 aliphatic rings. The summed E-state index contributed by atoms with van der Waals surface area (Å²) in [6.45, 7) is 3.01. The Labute approximate surface area is 210 Å². The summed E-state index contributed by atoms with van der Waals surface area (Å²) in [6, 6.07) is 15.0. The minimum atomic E-state index is -0.246. The molecule has 0 aliphatic carbocycles. The second-order valence-electron chi connectivity index (χ2n) is 8.70. The van der Waals surface area contributed by atoms with Crippen molar-refractivity contribution in [3.8, 4) is 5.75 Å². The third-order valence-corrected chi connectivity index (χ3v) is 6.71. The van der Waals surface area contributed by atoms with Gasteiger partial charge in [-0.25, -0.2) is 9.97 Å². The van der Waals surface area contributed by atoms with Crippen LogP contribution in [0.2, 0.25) is 10.0 Å². The van der Waals surface area contributed by atoms with Gasteiger partial charge in [-0.05, 0) is 74.3 Å². The van der Waals surface area contributed by atoms with E-state index in [0.717, 1.165) is 36.7 Å². The highest BCUT2D eigenvalue weighted by atomic mass is 35.5. The van der Waals surface area contributed by atoms with Gasteiger partial charge in [-0.3, -0.25) is 4.79 Å². The topological polar surface area (TPSA) is 67.3 Å². The van der Waals surface area contributed by atoms with E-state index in [1.807, 2.05) is 18.2 Å². The molecule has 6 nitrogen and oxygen atoms in total. The Bertz CT molecular complexity index is 1110. The number of ether oxygens (including phenoxy) is 1. The zero-order chi connectivity index (χ0) is 23.9. The highest BCUT2D eigenvalue weighted by Crippen LogP contribution is 2.25. The number of anilines is 1. The smallest absolute Gasteiger partial charge is 0.230 e. The number of halogens is 2. The van der Waals surface area contributed by atoms with Crippen molar-refractivity contribution in [1.29, 1.82) is 0 Å². The van der Waals surface area contributed by atoms with Gasteiger partial charge >= 0.3 is 0 Å². The highest BCUT2D eigenvalue weighted by molar-refractivity contribution is 6.36. The van der Waals surface area contributed by atoms with Gasteiger partial charge in [0.2, 0.25) is 5.91 Å². The lowest BCUT2D eigenvalue weighted by atomic mass is 9.98. The van der Waals surface area contributed by atoms with E-state index in [0.29, 0.717) is 33.8 Å². The average molecular weight is 499 g/mol. The number of hydrogen-bond donors (Lipinski definition) is 1. The van der Waals surface area contributed by atoms with Crippen molar-refractivity contribution in [2.45, 2.75) is 25.7 Å². The van der Waals surface area contributed by atoms with Crippen LogP contribution in [0.1, 0.15) is 29.7 Å². The normalized spacial score (nSPS) is 14.7. The molecule has 1 fully saturated rings. The Balaban J connectivity index is 1.34. The summed E-state index contributed by atoms with van der Waals surface area (Å²) < 4.78 is 6.08. The summed E-state index contributed by atoms with van der Waals surface area (Å²) in [4.78, 5) is 23.4. The van der Waals surface area contributed by atoms with Crippen LogP contribution in [0.4, 0.5) is 5.82 Å². The van der Waals surface area contributed by atoms with Gasteiger partial charge in [-0.1, -0.05) is 41.4 Å². The first-order valence-electron chi connectivity index (χ1n) is 11.4. The lowest BCUT2D eigenvalue weighted by Crippen LogP contribution is -2.32. The van der Waals surface area contributed by atoms with Gasteiger partial charge in [0.1, 0.15) is 17.9 Å². The number of likely N-dealkylation sites (tertiary alicyclic amines) is 1. The molecule has 1 aliphatic heterocycles. The summed E-state index contributed by atoms with van der Waals surface area (Å²) in [5, 5.41) is 3.73. The van der Waals surface area contributed by atoms with Crippen LogP contribution in [0, 0.1) is 5.92 Å². The van der Waals surface area contributed by atoms with Gasteiger partial charge in [0, 0.05) is 22.5 Å². The Hall–Kier alpha value is -2.67. The maximum Gasteiger partial charge on any atom is 0.230 e. The third-order valence-electron chi connectivity index (χ3n) is 6.00. The van der Waals surface area contributed by atoms with Gasteiger partial charge in [-0.15, -0.1) is 0 Å². The largest absolute Gasteiger partial charge is 0.493 e. The van der Waals surface area contributed by atoms with Crippen molar-refractivity contribution in [1.82, 2.24) is 14.9 Å². The van der Waals surface area contributed by atoms with E-state index in [2.05, 4.69) is 33.3 Å². The molecular formula is C26H28Cl2N4O2. The monoisotopic (exact) mass is 498 g/mol. The van der Waals surface area contributed by atoms with E-state index in [1.165, 1.54) is 19.2 Å². The van der Waals surface area contributed by atoms with E-state index in [4.69, 9.17) is 27.9 Å². The maximum absolute atomic E-state index is 12.5. The molecule has 1 amide bonds. The second-order valence-corrected chi connectivity index (χ2v) is 9.52. The number of piperidine rings is 1. The molecule has 178 valence electrons. The molecule has 2 heterocycles. The summed E-state index contributed by atoms with van der Waals surface area (Å²) in [5.41, 5.74) is 2.47. The minimum Gasteiger partial charge on any atom is -0.493 e. The van der Waals surface area contributed by atoms with Crippen molar-refractivity contribution < 1.29 is 9.53 Å². The van der Waals surface area contributed by atoms with Crippen molar-refractivity contribution in [3.63, 3.8) is 0 Å². The van der Waals surface area contributed by atoms with Crippen molar-refractivity contribution in [3.05, 3.63) is 81.7 Å². The molecule has 0 saturated carbocycles. The van der Waals surface area contributed by atoms with Crippen LogP contribution in [0.3, 0.4) is 0 Å². The van der Waals surface area contributed by atoms with Crippen LogP contribution < -0.4 is 10.1 Å². The van der Waals surface area contributed by atoms with Crippen molar-refractivity contribution in [2.24, 2.45) is 5.92 Å². The zero-order valence-corrected chi connectivity index (χ0v) is 20.6. The summed E-state index contributed by atoms with van der Waals surface area (Å²) >= 11 is 12.3. The molecule has 0 bridgehead atoms. The molecule has 1 N–H and O–H groups in total. The molecule has 1 saturated heterocycles. The minimum absolute atomic E-state index is 0.0640. The zero-order valence-electron chi connectivity index (χ0n) is 19.1. The predicted octanol–water partition coefficient (Wildman–Crippen LogP) is 5.28. The molecule has 2 aromatic carbocycles. The number of amides is 1. The van der Waals surface area contributed by atoms with Crippen LogP contribution in [0.5, 0.6) is 5.75 Å². The van der Waals surface area contributed by atoms with E-state index in [1.54, 1.807) is 24.3 Å². The summed E-state index contributed by atoms with van der Waals surface area (Å²) in [7, 11) is 2.17. The van der Waals surface area contributed by atoms with Crippen LogP contribution in [0.15, 0.2) is 54.9 Å². The predicted molar refractivity (Wildman–Crippen MR) is 136 cm³/mol. The fraction of sp³-hybridized carbons (Fsp3) is 0.346. The Kier molecular flexibility index (Phi) is 8.38. The van der Waals surface area contributed by atoms with Crippen molar-refractivity contribution >= 4 is 34.9 Å². The molecule has 0 radical (unpaired) electrons. The van der Waals surface area contributed by atoms with E-state index < -0.39 is 0 Å². The number of rotatable bonds is 8. The highest BCUT2D eigenvalue weighted by Gasteiger charge is 2.17. The quantitative estimate of drug-likeness (QED) is 0.457. The van der Waals surface area contributed by atoms with Gasteiger partial charge in [0.05, 0.1) is 18.7 Å². The fourth-order valence-electron chi connectivity index (χ4n) is 4.01. The molecule has 4 rings (SSSR count). The van der Waals surface area contributed by atoms with E-state index in [-0.39, 0.29) is 12.3 Å². The molecule has 34 heavy (non-hydrogen) atoms. The molecule has 0 atom stereocenters. The standard InChI is InChI=1S/C26H28Cl2N4O2/c1-32-10-8-18(9-11-32)16-34-21-5-2-4-19(13-21)12-20-14-25(30-17-29-20)31-26(33)15-22-23(27)6-3-7-24(22)28/h2-7,13-14,17-18H,8-12,15-16H2,1H3,(H,29,30,31,33). The molecule has 3 aromatic rings. The Morgan fingerprint density at radius 1 is 1.09 bits per heavy atom. The second kappa shape index (κ2) is 11.6. The first-order valence-corrected chi connectivity index (χ1v) is 12.2. The van der Waals surface area contributed by atoms with Gasteiger partial charge < -0.3 is 15.0 Å². The molecular weight excluding hydrogens is 471 g/mol. The number of carbonyl (C=O) groups excluding carboxylic acids is 1. The maximum atomic E-state index is 12.5. The molecule has 8 heteroatoms. The Morgan fingerprint density at radius 2 is 1.82 bits per heavy atom. The van der Waals surface area contributed by atoms with Crippen LogP contribution in [0.25, 0.3) is 0 Å². The van der Waals surface area contributed by atoms with E-state index in [9.17, 15) is 4.79 Å². The molecule has 1 aromatic heterocycles. The summed E-state index contributed by atoms with van der Waals surface area (Å²) in [5.74, 6) is 1.67. The number of nitrogens with zero attached hydrogens (tertiary/aromatic N) is 3. The SMILES string of the molecule is CN1CCC(COc2cccc(Cc3cc(NC(=O)Cc4c(Cl)cccc4Cl)ncn3)c2)CC1. The fourth-order valence-corrected chi connectivity index (χ4v) is 4.54. The lowest BCUT2D eigenvalue weighted by molar-refractivity contribution is -0.115. The Morgan fingerprint density at radius 3 is 2.59 bits per heavy atom. The molecule has 0 unspecified atom stereocenters. The van der Waals surface area contributed by atoms with Gasteiger partial charge in [0.25, 0.3) is 0 Å². The van der Waals surface area contributed by atoms with E-state index >= 15 is 0 Å². The van der Waals surface area contributed by atoms with Crippen LogP contribution >= 0.6 is 23.2 Å². The lowest BCUT2D eigenvalue weighted by Gasteiger charge is -2.28. The van der Waals surface area contributed by atoms with Gasteiger partial charge in [-0.2, -0.15) is 0 Å². The molecule has 0 spiro atoms. The van der Waals surface area contributed by atoms with Gasteiger partial charge in [0.15, 0.2) is 0 Å². The number of carbonyl (C=O) groups is 1. The first kappa shape index (κ1) is 24.5. The summed E-state index contributed by atoms with van der Waals surface area (Å²) in [6.07, 6.45) is 4.47. The van der Waals surface area contributed by atoms with Crippen molar-refractivity contribution in [2.75, 3.05) is 32.1 Å². The van der Waals surface area contributed by atoms with Crippen LogP contribution in [-0.4, -0.2) is 47.5 Å². The first-order chi connectivity index (χ1) is 16.5. The average Bonchev–Trinajstić information content (AvgIpc) is 2.82. The van der Waals surface area contributed by atoms with Crippen LogP contribution in [-0.2, 0) is 17.6 Å². The number of nitrogens with one attached hydrogen (secondary N) is 1. The third kappa shape index (κ3) is 6.92.